The molecule has 1 rings (SSSR count). The minimum absolute atomic E-state index is 0.116. The third-order valence-electron chi connectivity index (χ3n) is 2.76. The van der Waals surface area contributed by atoms with E-state index in [-0.39, 0.29) is 10.6 Å². The molecule has 106 valence electrons. The van der Waals surface area contributed by atoms with E-state index in [4.69, 9.17) is 11.6 Å². The van der Waals surface area contributed by atoms with Crippen LogP contribution in [0.25, 0.3) is 0 Å². The SMILES string of the molecule is CN(C)CCCCNCc1cc(Cl)ccc1[N+](=O)[O-]. The number of rotatable bonds is 8. The lowest BCUT2D eigenvalue weighted by molar-refractivity contribution is -0.385. The molecule has 0 aliphatic rings. The molecule has 1 aromatic rings. The zero-order chi connectivity index (χ0) is 14.3. The maximum Gasteiger partial charge on any atom is 0.273 e. The first-order valence-electron chi connectivity index (χ1n) is 6.29. The number of nitro groups is 1. The summed E-state index contributed by atoms with van der Waals surface area (Å²) in [5.41, 5.74) is 0.746. The molecule has 6 heteroatoms. The van der Waals surface area contributed by atoms with E-state index in [1.807, 2.05) is 14.1 Å². The van der Waals surface area contributed by atoms with Crippen molar-refractivity contribution in [1.29, 1.82) is 0 Å². The Labute approximate surface area is 118 Å². The van der Waals surface area contributed by atoms with Gasteiger partial charge in [-0.1, -0.05) is 11.6 Å². The van der Waals surface area contributed by atoms with E-state index in [1.165, 1.54) is 6.07 Å². The van der Waals surface area contributed by atoms with Crippen LogP contribution in [0.4, 0.5) is 5.69 Å². The molecule has 0 spiro atoms. The highest BCUT2D eigenvalue weighted by atomic mass is 35.5. The first-order chi connectivity index (χ1) is 9.00. The van der Waals surface area contributed by atoms with E-state index in [9.17, 15) is 10.1 Å². The van der Waals surface area contributed by atoms with Crippen molar-refractivity contribution in [2.24, 2.45) is 0 Å². The first-order valence-corrected chi connectivity index (χ1v) is 6.67. The molecule has 1 N–H and O–H groups in total. The van der Waals surface area contributed by atoms with Gasteiger partial charge in [-0.25, -0.2) is 0 Å². The maximum absolute atomic E-state index is 10.9. The molecule has 0 amide bonds. The van der Waals surface area contributed by atoms with E-state index >= 15 is 0 Å². The van der Waals surface area contributed by atoms with Gasteiger partial charge in [0.15, 0.2) is 0 Å². The fourth-order valence-electron chi connectivity index (χ4n) is 1.77. The van der Waals surface area contributed by atoms with E-state index < -0.39 is 0 Å². The number of unbranched alkanes of at least 4 members (excludes halogenated alkanes) is 1. The summed E-state index contributed by atoms with van der Waals surface area (Å²) in [6.45, 7) is 2.37. The molecular weight excluding hydrogens is 266 g/mol. The van der Waals surface area contributed by atoms with Gasteiger partial charge in [0.1, 0.15) is 0 Å². The lowest BCUT2D eigenvalue weighted by Gasteiger charge is -2.09. The molecule has 0 unspecified atom stereocenters. The molecule has 0 aromatic heterocycles. The molecule has 0 fully saturated rings. The van der Waals surface area contributed by atoms with E-state index in [0.29, 0.717) is 17.1 Å². The average molecular weight is 286 g/mol. The Morgan fingerprint density at radius 1 is 1.37 bits per heavy atom. The molecule has 0 atom stereocenters. The van der Waals surface area contributed by atoms with Crippen molar-refractivity contribution in [3.8, 4) is 0 Å². The Morgan fingerprint density at radius 3 is 2.74 bits per heavy atom. The van der Waals surface area contributed by atoms with Gasteiger partial charge >= 0.3 is 0 Å². The van der Waals surface area contributed by atoms with Gasteiger partial charge in [-0.05, 0) is 52.2 Å². The molecule has 5 nitrogen and oxygen atoms in total. The summed E-state index contributed by atoms with van der Waals surface area (Å²) < 4.78 is 0. The molecule has 19 heavy (non-hydrogen) atoms. The van der Waals surface area contributed by atoms with Crippen LogP contribution in [0.3, 0.4) is 0 Å². The van der Waals surface area contributed by atoms with Crippen LogP contribution in [-0.4, -0.2) is 37.0 Å². The number of hydrogen-bond acceptors (Lipinski definition) is 4. The molecule has 1 aromatic carbocycles. The van der Waals surface area contributed by atoms with E-state index in [0.717, 1.165) is 25.9 Å². The van der Waals surface area contributed by atoms with Crippen molar-refractivity contribution < 1.29 is 4.92 Å². The average Bonchev–Trinajstić information content (AvgIpc) is 2.33. The fraction of sp³-hybridized carbons (Fsp3) is 0.538. The zero-order valence-corrected chi connectivity index (χ0v) is 12.1. The molecule has 0 aliphatic carbocycles. The Hall–Kier alpha value is -1.17. The van der Waals surface area contributed by atoms with Crippen molar-refractivity contribution in [3.05, 3.63) is 38.9 Å². The van der Waals surface area contributed by atoms with Gasteiger partial charge in [0, 0.05) is 23.2 Å². The maximum atomic E-state index is 10.9. The van der Waals surface area contributed by atoms with Crippen LogP contribution in [0.5, 0.6) is 0 Å². The Balaban J connectivity index is 2.40. The highest BCUT2D eigenvalue weighted by Crippen LogP contribution is 2.22. The van der Waals surface area contributed by atoms with Gasteiger partial charge < -0.3 is 10.2 Å². The smallest absolute Gasteiger partial charge is 0.273 e. The molecule has 0 heterocycles. The minimum atomic E-state index is -0.376. The topological polar surface area (TPSA) is 58.4 Å². The quantitative estimate of drug-likeness (QED) is 0.453. The number of hydrogen-bond donors (Lipinski definition) is 1. The first kappa shape index (κ1) is 15.9. The van der Waals surface area contributed by atoms with Crippen LogP contribution < -0.4 is 5.32 Å². The summed E-state index contributed by atoms with van der Waals surface area (Å²) >= 11 is 5.86. The Morgan fingerprint density at radius 2 is 2.11 bits per heavy atom. The van der Waals surface area contributed by atoms with Crippen LogP contribution in [0.2, 0.25) is 5.02 Å². The summed E-state index contributed by atoms with van der Waals surface area (Å²) in [5.74, 6) is 0. The third-order valence-corrected chi connectivity index (χ3v) is 3.00. The zero-order valence-electron chi connectivity index (χ0n) is 11.4. The second-order valence-electron chi connectivity index (χ2n) is 4.72. The fourth-order valence-corrected chi connectivity index (χ4v) is 1.97. The van der Waals surface area contributed by atoms with Crippen molar-refractivity contribution in [2.75, 3.05) is 27.2 Å². The van der Waals surface area contributed by atoms with Crippen LogP contribution in [0, 0.1) is 10.1 Å². The molecular formula is C13H20ClN3O2. The molecule has 0 bridgehead atoms. The summed E-state index contributed by atoms with van der Waals surface area (Å²) in [5, 5.41) is 14.6. The van der Waals surface area contributed by atoms with Crippen molar-refractivity contribution in [2.45, 2.75) is 19.4 Å². The number of nitrogens with one attached hydrogen (secondary N) is 1. The van der Waals surface area contributed by atoms with Gasteiger partial charge in [-0.3, -0.25) is 10.1 Å². The highest BCUT2D eigenvalue weighted by molar-refractivity contribution is 6.30. The lowest BCUT2D eigenvalue weighted by Crippen LogP contribution is -2.18. The van der Waals surface area contributed by atoms with Gasteiger partial charge in [0.25, 0.3) is 5.69 Å². The molecule has 0 saturated carbocycles. The predicted molar refractivity (Wildman–Crippen MR) is 77.6 cm³/mol. The van der Waals surface area contributed by atoms with Crippen LogP contribution >= 0.6 is 11.6 Å². The van der Waals surface area contributed by atoms with Gasteiger partial charge in [0.05, 0.1) is 4.92 Å². The normalized spacial score (nSPS) is 10.9. The monoisotopic (exact) mass is 285 g/mol. The Kier molecular flexibility index (Phi) is 6.77. The van der Waals surface area contributed by atoms with Crippen LogP contribution in [0.1, 0.15) is 18.4 Å². The number of nitrogens with zero attached hydrogens (tertiary/aromatic N) is 2. The van der Waals surface area contributed by atoms with Gasteiger partial charge in [-0.15, -0.1) is 0 Å². The number of benzene rings is 1. The van der Waals surface area contributed by atoms with Crippen molar-refractivity contribution in [3.63, 3.8) is 0 Å². The summed E-state index contributed by atoms with van der Waals surface area (Å²) in [6.07, 6.45) is 2.16. The van der Waals surface area contributed by atoms with E-state index in [2.05, 4.69) is 10.2 Å². The van der Waals surface area contributed by atoms with E-state index in [1.54, 1.807) is 12.1 Å². The number of nitro benzene ring substituents is 1. The summed E-state index contributed by atoms with van der Waals surface area (Å²) in [7, 11) is 4.09. The van der Waals surface area contributed by atoms with Crippen molar-refractivity contribution in [1.82, 2.24) is 10.2 Å². The lowest BCUT2D eigenvalue weighted by atomic mass is 10.2. The molecule has 0 saturated heterocycles. The summed E-state index contributed by atoms with van der Waals surface area (Å²) in [4.78, 5) is 12.6. The van der Waals surface area contributed by atoms with Gasteiger partial charge in [-0.2, -0.15) is 0 Å². The minimum Gasteiger partial charge on any atom is -0.312 e. The third kappa shape index (κ3) is 6.00. The molecule has 0 radical (unpaired) electrons. The highest BCUT2D eigenvalue weighted by Gasteiger charge is 2.12. The van der Waals surface area contributed by atoms with Crippen LogP contribution in [-0.2, 0) is 6.54 Å². The standard InChI is InChI=1S/C13H20ClN3O2/c1-16(2)8-4-3-7-15-10-11-9-12(14)5-6-13(11)17(18)19/h5-6,9,15H,3-4,7-8,10H2,1-2H3. The second kappa shape index (κ2) is 8.09. The summed E-state index contributed by atoms with van der Waals surface area (Å²) in [6, 6.07) is 4.64. The van der Waals surface area contributed by atoms with Crippen LogP contribution in [0.15, 0.2) is 18.2 Å². The Bertz CT molecular complexity index is 424. The molecule has 0 aliphatic heterocycles. The van der Waals surface area contributed by atoms with Gasteiger partial charge in [0.2, 0.25) is 0 Å². The number of halogens is 1. The largest absolute Gasteiger partial charge is 0.312 e. The van der Waals surface area contributed by atoms with Crippen molar-refractivity contribution >= 4 is 17.3 Å². The predicted octanol–water partition coefficient (Wildman–Crippen LogP) is 2.68. The second-order valence-corrected chi connectivity index (χ2v) is 5.15.